The summed E-state index contributed by atoms with van der Waals surface area (Å²) in [4.78, 5) is 10.3. The van der Waals surface area contributed by atoms with Gasteiger partial charge in [-0.05, 0) is 6.07 Å². The van der Waals surface area contributed by atoms with Crippen LogP contribution in [0.3, 0.4) is 0 Å². The maximum atomic E-state index is 10.3. The third-order valence-electron chi connectivity index (χ3n) is 1.61. The molecule has 1 rings (SSSR count). The van der Waals surface area contributed by atoms with Gasteiger partial charge in [0.15, 0.2) is 6.79 Å². The van der Waals surface area contributed by atoms with Gasteiger partial charge in [0.25, 0.3) is 0 Å². The molecule has 0 aromatic heterocycles. The molecule has 0 radical (unpaired) electrons. The van der Waals surface area contributed by atoms with Gasteiger partial charge in [0, 0.05) is 19.1 Å². The van der Waals surface area contributed by atoms with Crippen molar-refractivity contribution in [2.24, 2.45) is 0 Å². The number of methoxy groups -OCH3 is 1. The van der Waals surface area contributed by atoms with Crippen LogP contribution in [0.2, 0.25) is 0 Å². The van der Waals surface area contributed by atoms with Gasteiger partial charge < -0.3 is 14.3 Å². The fraction of sp³-hybridized carbons (Fsp3) is 0.300. The van der Waals surface area contributed by atoms with Crippen LogP contribution in [-0.4, -0.2) is 20.2 Å². The highest BCUT2D eigenvalue weighted by Gasteiger charge is 2.00. The second-order valence-electron chi connectivity index (χ2n) is 2.53. The van der Waals surface area contributed by atoms with Crippen LogP contribution in [0.25, 0.3) is 0 Å². The molecular weight excluding hydrogens is 168 g/mol. The van der Waals surface area contributed by atoms with Gasteiger partial charge >= 0.3 is 0 Å². The molecule has 0 amide bonds. The average molecular weight is 180 g/mol. The molecule has 0 heterocycles. The van der Waals surface area contributed by atoms with Crippen LogP contribution < -0.4 is 4.74 Å². The summed E-state index contributed by atoms with van der Waals surface area (Å²) < 4.78 is 10.0. The minimum absolute atomic E-state index is 0.204. The zero-order valence-corrected chi connectivity index (χ0v) is 7.53. The number of benzene rings is 1. The van der Waals surface area contributed by atoms with E-state index in [4.69, 9.17) is 9.47 Å². The summed E-state index contributed by atoms with van der Waals surface area (Å²) in [6.45, 7) is 0.204. The number of hydrogen-bond acceptors (Lipinski definition) is 3. The third kappa shape index (κ3) is 2.87. The Labute approximate surface area is 77.3 Å². The summed E-state index contributed by atoms with van der Waals surface area (Å²) >= 11 is 0. The summed E-state index contributed by atoms with van der Waals surface area (Å²) in [5, 5.41) is 0. The van der Waals surface area contributed by atoms with E-state index < -0.39 is 0 Å². The molecule has 0 aliphatic carbocycles. The van der Waals surface area contributed by atoms with Crippen LogP contribution in [0, 0.1) is 0 Å². The average Bonchev–Trinajstić information content (AvgIpc) is 2.17. The van der Waals surface area contributed by atoms with Gasteiger partial charge in [0.1, 0.15) is 12.0 Å². The van der Waals surface area contributed by atoms with Crippen molar-refractivity contribution >= 4 is 6.29 Å². The highest BCUT2D eigenvalue weighted by molar-refractivity contribution is 5.57. The van der Waals surface area contributed by atoms with E-state index in [1.165, 1.54) is 0 Å². The number of carbonyl (C=O) groups is 1. The Hall–Kier alpha value is -1.35. The van der Waals surface area contributed by atoms with Crippen LogP contribution in [-0.2, 0) is 16.0 Å². The Kier molecular flexibility index (Phi) is 3.99. The number of para-hydroxylation sites is 1. The van der Waals surface area contributed by atoms with E-state index in [1.54, 1.807) is 7.11 Å². The SMILES string of the molecule is COCOc1ccccc1CC=O. The van der Waals surface area contributed by atoms with Gasteiger partial charge in [-0.15, -0.1) is 0 Å². The van der Waals surface area contributed by atoms with Crippen LogP contribution in [0.4, 0.5) is 0 Å². The summed E-state index contributed by atoms with van der Waals surface area (Å²) in [5.74, 6) is 0.705. The van der Waals surface area contributed by atoms with Crippen molar-refractivity contribution in [3.8, 4) is 5.75 Å². The molecule has 1 aromatic rings. The molecule has 0 aliphatic rings. The Bertz CT molecular complexity index is 271. The van der Waals surface area contributed by atoms with Gasteiger partial charge in [-0.1, -0.05) is 18.2 Å². The lowest BCUT2D eigenvalue weighted by molar-refractivity contribution is -0.107. The minimum atomic E-state index is 0.204. The van der Waals surface area contributed by atoms with Gasteiger partial charge in [-0.25, -0.2) is 0 Å². The third-order valence-corrected chi connectivity index (χ3v) is 1.61. The zero-order valence-electron chi connectivity index (χ0n) is 7.53. The lowest BCUT2D eigenvalue weighted by Gasteiger charge is -2.07. The maximum absolute atomic E-state index is 10.3. The largest absolute Gasteiger partial charge is 0.467 e. The quantitative estimate of drug-likeness (QED) is 0.507. The summed E-state index contributed by atoms with van der Waals surface area (Å²) in [5.41, 5.74) is 0.884. The molecule has 0 fully saturated rings. The number of carbonyl (C=O) groups excluding carboxylic acids is 1. The molecule has 0 saturated carbocycles. The molecule has 0 aliphatic heterocycles. The van der Waals surface area contributed by atoms with Crippen molar-refractivity contribution in [1.29, 1.82) is 0 Å². The van der Waals surface area contributed by atoms with E-state index in [9.17, 15) is 4.79 Å². The van der Waals surface area contributed by atoms with Crippen LogP contribution in [0.15, 0.2) is 24.3 Å². The van der Waals surface area contributed by atoms with E-state index in [-0.39, 0.29) is 6.79 Å². The summed E-state index contributed by atoms with van der Waals surface area (Å²) in [6.07, 6.45) is 1.23. The highest BCUT2D eigenvalue weighted by Crippen LogP contribution is 2.17. The van der Waals surface area contributed by atoms with Gasteiger partial charge in [0.2, 0.25) is 0 Å². The number of hydrogen-bond donors (Lipinski definition) is 0. The number of aldehydes is 1. The Morgan fingerprint density at radius 1 is 1.38 bits per heavy atom. The van der Waals surface area contributed by atoms with E-state index in [0.717, 1.165) is 11.8 Å². The molecule has 3 nitrogen and oxygen atoms in total. The number of rotatable bonds is 5. The van der Waals surface area contributed by atoms with Crippen molar-refractivity contribution in [3.05, 3.63) is 29.8 Å². The topological polar surface area (TPSA) is 35.5 Å². The standard InChI is InChI=1S/C10H12O3/c1-12-8-13-10-5-3-2-4-9(10)6-7-11/h2-5,7H,6,8H2,1H3. The molecule has 0 bridgehead atoms. The monoisotopic (exact) mass is 180 g/mol. The van der Waals surface area contributed by atoms with Crippen LogP contribution in [0.5, 0.6) is 5.75 Å². The minimum Gasteiger partial charge on any atom is -0.467 e. The van der Waals surface area contributed by atoms with Gasteiger partial charge in [0.05, 0.1) is 0 Å². The molecule has 0 N–H and O–H groups in total. The summed E-state index contributed by atoms with van der Waals surface area (Å²) in [6, 6.07) is 7.41. The molecule has 0 unspecified atom stereocenters. The van der Waals surface area contributed by atoms with Crippen molar-refractivity contribution in [3.63, 3.8) is 0 Å². The molecule has 0 atom stereocenters. The molecule has 70 valence electrons. The van der Waals surface area contributed by atoms with Crippen molar-refractivity contribution in [2.45, 2.75) is 6.42 Å². The normalized spacial score (nSPS) is 9.62. The zero-order chi connectivity index (χ0) is 9.52. The molecule has 0 spiro atoms. The fourth-order valence-electron chi connectivity index (χ4n) is 1.03. The Morgan fingerprint density at radius 3 is 2.85 bits per heavy atom. The van der Waals surface area contributed by atoms with Gasteiger partial charge in [-0.2, -0.15) is 0 Å². The molecule has 0 saturated heterocycles. The second kappa shape index (κ2) is 5.32. The van der Waals surface area contributed by atoms with Crippen LogP contribution in [0.1, 0.15) is 5.56 Å². The lowest BCUT2D eigenvalue weighted by Crippen LogP contribution is -2.01. The van der Waals surface area contributed by atoms with E-state index in [0.29, 0.717) is 12.2 Å². The summed E-state index contributed by atoms with van der Waals surface area (Å²) in [7, 11) is 1.56. The first-order valence-electron chi connectivity index (χ1n) is 4.01. The molecule has 3 heteroatoms. The first-order valence-corrected chi connectivity index (χ1v) is 4.01. The first kappa shape index (κ1) is 9.74. The molecule has 13 heavy (non-hydrogen) atoms. The predicted molar refractivity (Wildman–Crippen MR) is 48.7 cm³/mol. The first-order chi connectivity index (χ1) is 6.38. The van der Waals surface area contributed by atoms with E-state index in [1.807, 2.05) is 24.3 Å². The Morgan fingerprint density at radius 2 is 2.15 bits per heavy atom. The van der Waals surface area contributed by atoms with Crippen molar-refractivity contribution in [1.82, 2.24) is 0 Å². The van der Waals surface area contributed by atoms with Gasteiger partial charge in [-0.3, -0.25) is 0 Å². The smallest absolute Gasteiger partial charge is 0.188 e. The highest BCUT2D eigenvalue weighted by atomic mass is 16.7. The predicted octanol–water partition coefficient (Wildman–Crippen LogP) is 1.41. The van der Waals surface area contributed by atoms with E-state index >= 15 is 0 Å². The van der Waals surface area contributed by atoms with Crippen LogP contribution >= 0.6 is 0 Å². The Balaban J connectivity index is 2.71. The van der Waals surface area contributed by atoms with E-state index in [2.05, 4.69) is 0 Å². The fourth-order valence-corrected chi connectivity index (χ4v) is 1.03. The molecular formula is C10H12O3. The second-order valence-corrected chi connectivity index (χ2v) is 2.53. The van der Waals surface area contributed by atoms with Crippen molar-refractivity contribution in [2.75, 3.05) is 13.9 Å². The lowest BCUT2D eigenvalue weighted by atomic mass is 10.1. The molecule has 1 aromatic carbocycles. The van der Waals surface area contributed by atoms with Crippen molar-refractivity contribution < 1.29 is 14.3 Å². The number of ether oxygens (including phenoxy) is 2. The maximum Gasteiger partial charge on any atom is 0.188 e.